The molecule has 2 rings (SSSR count). The Balaban J connectivity index is 1.68. The number of rotatable bonds is 7. The minimum Gasteiger partial charge on any atom is -0.492 e. The van der Waals surface area contributed by atoms with Gasteiger partial charge >= 0.3 is 6.01 Å². The van der Waals surface area contributed by atoms with E-state index in [1.54, 1.807) is 0 Å². The Hall–Kier alpha value is -2.08. The monoisotopic (exact) mass is 248 g/mol. The van der Waals surface area contributed by atoms with Crippen molar-refractivity contribution in [2.24, 2.45) is 0 Å². The van der Waals surface area contributed by atoms with Gasteiger partial charge in [-0.3, -0.25) is 0 Å². The number of benzene rings is 1. The molecule has 0 spiro atoms. The first-order valence-corrected chi connectivity index (χ1v) is 5.77. The molecule has 0 atom stereocenters. The topological polar surface area (TPSA) is 72.2 Å². The highest BCUT2D eigenvalue weighted by molar-refractivity contribution is 5.21. The Morgan fingerprint density at radius 3 is 2.83 bits per heavy atom. The van der Waals surface area contributed by atoms with Crippen molar-refractivity contribution in [1.29, 1.82) is 0 Å². The molecule has 0 saturated carbocycles. The second-order valence-electron chi connectivity index (χ2n) is 3.62. The number of hydrogen-bond donors (Lipinski definition) is 2. The maximum atomic E-state index is 5.52. The summed E-state index contributed by atoms with van der Waals surface area (Å²) in [6, 6.07) is 10.1. The molecular weight excluding hydrogens is 232 g/mol. The third-order valence-corrected chi connectivity index (χ3v) is 2.19. The van der Waals surface area contributed by atoms with Crippen LogP contribution in [0.4, 0.5) is 6.01 Å². The number of aromatic nitrogens is 2. The molecule has 6 nitrogen and oxygen atoms in total. The molecule has 0 saturated heterocycles. The molecule has 0 aliphatic rings. The Bertz CT molecular complexity index is 458. The molecule has 1 heterocycles. The Kier molecular flexibility index (Phi) is 4.54. The van der Waals surface area contributed by atoms with Crippen LogP contribution in [-0.4, -0.2) is 30.4 Å². The molecule has 1 aromatic carbocycles. The molecule has 0 amide bonds. The number of ether oxygens (including phenoxy) is 1. The number of hydrogen-bond acceptors (Lipinski definition) is 6. The number of nitrogens with zero attached hydrogens (tertiary/aromatic N) is 2. The minimum absolute atomic E-state index is 0.414. The first kappa shape index (κ1) is 12.4. The Morgan fingerprint density at radius 2 is 2.06 bits per heavy atom. The first-order chi connectivity index (χ1) is 8.88. The van der Waals surface area contributed by atoms with Gasteiger partial charge in [0, 0.05) is 0 Å². The van der Waals surface area contributed by atoms with E-state index in [0.717, 1.165) is 5.75 Å². The highest BCUT2D eigenvalue weighted by Crippen LogP contribution is 2.08. The van der Waals surface area contributed by atoms with Crippen LogP contribution in [0.5, 0.6) is 5.75 Å². The van der Waals surface area contributed by atoms with Crippen LogP contribution in [0.3, 0.4) is 0 Å². The molecule has 0 bridgehead atoms. The zero-order valence-electron chi connectivity index (χ0n) is 10.2. The largest absolute Gasteiger partial charge is 0.492 e. The average molecular weight is 248 g/mol. The van der Waals surface area contributed by atoms with Gasteiger partial charge in [-0.25, -0.2) is 0 Å². The lowest BCUT2D eigenvalue weighted by Crippen LogP contribution is -2.11. The predicted octanol–water partition coefficient (Wildman–Crippen LogP) is 1.28. The van der Waals surface area contributed by atoms with Crippen LogP contribution < -0.4 is 15.4 Å². The van der Waals surface area contributed by atoms with Crippen molar-refractivity contribution < 1.29 is 9.15 Å². The lowest BCUT2D eigenvalue weighted by molar-refractivity contribution is 0.331. The number of nitrogens with one attached hydrogen (secondary N) is 2. The maximum Gasteiger partial charge on any atom is 0.315 e. The fourth-order valence-electron chi connectivity index (χ4n) is 1.39. The lowest BCUT2D eigenvalue weighted by atomic mass is 10.3. The van der Waals surface area contributed by atoms with Crippen LogP contribution in [0, 0.1) is 0 Å². The van der Waals surface area contributed by atoms with Crippen molar-refractivity contribution >= 4 is 6.01 Å². The fourth-order valence-corrected chi connectivity index (χ4v) is 1.39. The zero-order valence-corrected chi connectivity index (χ0v) is 10.2. The fraction of sp³-hybridized carbons (Fsp3) is 0.333. The van der Waals surface area contributed by atoms with E-state index in [9.17, 15) is 0 Å². The van der Waals surface area contributed by atoms with Gasteiger partial charge in [-0.15, -0.1) is 5.10 Å². The lowest BCUT2D eigenvalue weighted by Gasteiger charge is -2.05. The van der Waals surface area contributed by atoms with Crippen molar-refractivity contribution in [3.8, 4) is 5.75 Å². The summed E-state index contributed by atoms with van der Waals surface area (Å²) >= 11 is 0. The van der Waals surface area contributed by atoms with Gasteiger partial charge in [0.2, 0.25) is 5.89 Å². The van der Waals surface area contributed by atoms with Gasteiger partial charge in [0.15, 0.2) is 0 Å². The van der Waals surface area contributed by atoms with E-state index >= 15 is 0 Å². The van der Waals surface area contributed by atoms with E-state index in [4.69, 9.17) is 9.15 Å². The molecule has 1 aromatic heterocycles. The van der Waals surface area contributed by atoms with Gasteiger partial charge < -0.3 is 19.8 Å². The summed E-state index contributed by atoms with van der Waals surface area (Å²) in [6.07, 6.45) is 0. The quantitative estimate of drug-likeness (QED) is 0.719. The molecule has 18 heavy (non-hydrogen) atoms. The highest BCUT2D eigenvalue weighted by Gasteiger charge is 2.03. The van der Waals surface area contributed by atoms with Crippen LogP contribution in [0.25, 0.3) is 0 Å². The smallest absolute Gasteiger partial charge is 0.315 e. The molecule has 96 valence electrons. The summed E-state index contributed by atoms with van der Waals surface area (Å²) in [5.41, 5.74) is 0. The first-order valence-electron chi connectivity index (χ1n) is 5.77. The van der Waals surface area contributed by atoms with Crippen molar-refractivity contribution in [3.63, 3.8) is 0 Å². The number of anilines is 1. The second kappa shape index (κ2) is 6.61. The summed E-state index contributed by atoms with van der Waals surface area (Å²) < 4.78 is 10.8. The second-order valence-corrected chi connectivity index (χ2v) is 3.62. The van der Waals surface area contributed by atoms with Crippen molar-refractivity contribution in [2.45, 2.75) is 6.54 Å². The molecule has 0 radical (unpaired) electrons. The van der Waals surface area contributed by atoms with Gasteiger partial charge in [-0.05, 0) is 19.2 Å². The van der Waals surface area contributed by atoms with Gasteiger partial charge in [-0.2, -0.15) is 0 Å². The molecule has 6 heteroatoms. The number of para-hydroxylation sites is 1. The van der Waals surface area contributed by atoms with Crippen LogP contribution in [0.15, 0.2) is 34.7 Å². The normalized spacial score (nSPS) is 10.3. The van der Waals surface area contributed by atoms with Crippen LogP contribution in [0.1, 0.15) is 5.89 Å². The van der Waals surface area contributed by atoms with Crippen molar-refractivity contribution in [1.82, 2.24) is 15.5 Å². The SMILES string of the molecule is CNCc1nnc(NCCOc2ccccc2)o1. The Morgan fingerprint density at radius 1 is 1.22 bits per heavy atom. The summed E-state index contributed by atoms with van der Waals surface area (Å²) in [6.45, 7) is 1.71. The molecule has 2 aromatic rings. The van der Waals surface area contributed by atoms with E-state index in [1.807, 2.05) is 37.4 Å². The summed E-state index contributed by atoms with van der Waals surface area (Å²) in [5.74, 6) is 1.41. The molecular formula is C12H16N4O2. The summed E-state index contributed by atoms with van der Waals surface area (Å²) in [7, 11) is 1.82. The van der Waals surface area contributed by atoms with E-state index in [1.165, 1.54) is 0 Å². The van der Waals surface area contributed by atoms with E-state index in [2.05, 4.69) is 20.8 Å². The highest BCUT2D eigenvalue weighted by atomic mass is 16.5. The predicted molar refractivity (Wildman–Crippen MR) is 67.5 cm³/mol. The Labute approximate surface area is 105 Å². The molecule has 0 aliphatic carbocycles. The third kappa shape index (κ3) is 3.74. The van der Waals surface area contributed by atoms with Gasteiger partial charge in [0.25, 0.3) is 0 Å². The molecule has 0 aliphatic heterocycles. The van der Waals surface area contributed by atoms with Crippen LogP contribution in [0.2, 0.25) is 0 Å². The third-order valence-electron chi connectivity index (χ3n) is 2.19. The average Bonchev–Trinajstić information content (AvgIpc) is 2.84. The van der Waals surface area contributed by atoms with E-state index < -0.39 is 0 Å². The summed E-state index contributed by atoms with van der Waals surface area (Å²) in [5, 5.41) is 13.7. The minimum atomic E-state index is 0.414. The van der Waals surface area contributed by atoms with Gasteiger partial charge in [0.05, 0.1) is 13.1 Å². The van der Waals surface area contributed by atoms with Crippen molar-refractivity contribution in [2.75, 3.05) is 25.5 Å². The van der Waals surface area contributed by atoms with E-state index in [0.29, 0.717) is 31.6 Å². The standard InChI is InChI=1S/C12H16N4O2/c1-13-9-11-15-16-12(18-11)14-7-8-17-10-5-3-2-4-6-10/h2-6,13H,7-9H2,1H3,(H,14,16). The molecule has 2 N–H and O–H groups in total. The van der Waals surface area contributed by atoms with Crippen LogP contribution >= 0.6 is 0 Å². The van der Waals surface area contributed by atoms with Crippen molar-refractivity contribution in [3.05, 3.63) is 36.2 Å². The maximum absolute atomic E-state index is 5.52. The van der Waals surface area contributed by atoms with Gasteiger partial charge in [0.1, 0.15) is 12.4 Å². The van der Waals surface area contributed by atoms with Gasteiger partial charge in [-0.1, -0.05) is 23.3 Å². The summed E-state index contributed by atoms with van der Waals surface area (Å²) in [4.78, 5) is 0. The van der Waals surface area contributed by atoms with E-state index in [-0.39, 0.29) is 0 Å². The van der Waals surface area contributed by atoms with Crippen LogP contribution in [-0.2, 0) is 6.54 Å². The molecule has 0 unspecified atom stereocenters. The zero-order chi connectivity index (χ0) is 12.6. The molecule has 0 fully saturated rings.